The molecule has 1 unspecified atom stereocenters. The van der Waals surface area contributed by atoms with Crippen LogP contribution in [0.4, 0.5) is 5.69 Å². The van der Waals surface area contributed by atoms with Crippen molar-refractivity contribution in [1.82, 2.24) is 5.32 Å². The molecule has 1 aromatic carbocycles. The van der Waals surface area contributed by atoms with Crippen LogP contribution < -0.4 is 10.6 Å². The maximum Gasteiger partial charge on any atom is 0.319 e. The molecule has 1 amide bonds. The van der Waals surface area contributed by atoms with Crippen LogP contribution in [0.15, 0.2) is 29.2 Å². The summed E-state index contributed by atoms with van der Waals surface area (Å²) in [6, 6.07) is 7.29. The first kappa shape index (κ1) is 17.8. The van der Waals surface area contributed by atoms with Gasteiger partial charge in [0.05, 0.1) is 18.8 Å². The minimum Gasteiger partial charge on any atom is -0.465 e. The second kappa shape index (κ2) is 7.36. The average Bonchev–Trinajstić information content (AvgIpc) is 2.61. The lowest BCUT2D eigenvalue weighted by Gasteiger charge is -2.34. The normalized spacial score (nSPS) is 21.1. The summed E-state index contributed by atoms with van der Waals surface area (Å²) in [5.74, 6) is -0.466. The smallest absolute Gasteiger partial charge is 0.319 e. The third kappa shape index (κ3) is 4.48. The molecule has 23 heavy (non-hydrogen) atoms. The molecular weight excluding hydrogens is 312 g/mol. The monoisotopic (exact) mass is 336 g/mol. The van der Waals surface area contributed by atoms with Crippen molar-refractivity contribution < 1.29 is 14.3 Å². The number of carbonyl (C=O) groups is 2. The number of para-hydroxylation sites is 1. The van der Waals surface area contributed by atoms with Gasteiger partial charge in [-0.1, -0.05) is 32.9 Å². The summed E-state index contributed by atoms with van der Waals surface area (Å²) in [7, 11) is 0. The van der Waals surface area contributed by atoms with Crippen molar-refractivity contribution in [2.45, 2.75) is 43.9 Å². The number of fused-ring (bicyclic) bond motifs is 1. The van der Waals surface area contributed by atoms with Crippen LogP contribution in [0.3, 0.4) is 0 Å². The quantitative estimate of drug-likeness (QED) is 0.828. The molecule has 0 saturated carbocycles. The molecule has 0 saturated heterocycles. The number of nitrogens with one attached hydrogen (secondary N) is 2. The lowest BCUT2D eigenvalue weighted by atomic mass is 9.87. The third-order valence-corrected chi connectivity index (χ3v) is 5.45. The number of hydrogen-bond donors (Lipinski definition) is 2. The Kier molecular flexibility index (Phi) is 5.70. The molecule has 6 heteroatoms. The number of rotatable bonds is 4. The van der Waals surface area contributed by atoms with Crippen molar-refractivity contribution in [1.29, 1.82) is 0 Å². The predicted molar refractivity (Wildman–Crippen MR) is 92.6 cm³/mol. The molecule has 1 aromatic rings. The zero-order valence-electron chi connectivity index (χ0n) is 14.0. The first-order chi connectivity index (χ1) is 10.8. The van der Waals surface area contributed by atoms with E-state index in [4.69, 9.17) is 4.74 Å². The van der Waals surface area contributed by atoms with E-state index in [-0.39, 0.29) is 29.1 Å². The van der Waals surface area contributed by atoms with Gasteiger partial charge < -0.3 is 10.1 Å². The number of carbonyl (C=O) groups excluding carboxylic acids is 2. The fourth-order valence-corrected chi connectivity index (χ4v) is 3.89. The lowest BCUT2D eigenvalue weighted by Crippen LogP contribution is -2.52. The number of thioether (sulfide) groups is 1. The molecule has 1 aliphatic rings. The van der Waals surface area contributed by atoms with E-state index in [2.05, 4.69) is 31.4 Å². The second-order valence-corrected chi connectivity index (χ2v) is 7.74. The standard InChI is InChI=1S/C17H24N2O3S/c1-5-22-13(20)10-18-14-15(17(2,3)4)23-12-9-7-6-8-11(12)19-16(14)21/h6-9,14-15,18H,5,10H2,1-4H3,(H,19,21)/t14-,15?/m0/s1. The van der Waals surface area contributed by atoms with Crippen LogP contribution in [0, 0.1) is 5.41 Å². The van der Waals surface area contributed by atoms with E-state index < -0.39 is 6.04 Å². The van der Waals surface area contributed by atoms with Crippen LogP contribution >= 0.6 is 11.8 Å². The van der Waals surface area contributed by atoms with Crippen LogP contribution in [0.25, 0.3) is 0 Å². The van der Waals surface area contributed by atoms with E-state index in [9.17, 15) is 9.59 Å². The van der Waals surface area contributed by atoms with Gasteiger partial charge in [-0.05, 0) is 24.5 Å². The fraction of sp³-hybridized carbons (Fsp3) is 0.529. The van der Waals surface area contributed by atoms with Gasteiger partial charge in [0, 0.05) is 10.1 Å². The van der Waals surface area contributed by atoms with Crippen molar-refractivity contribution in [2.24, 2.45) is 5.41 Å². The number of benzene rings is 1. The van der Waals surface area contributed by atoms with Crippen LogP contribution in [-0.2, 0) is 14.3 Å². The van der Waals surface area contributed by atoms with Crippen molar-refractivity contribution in [3.8, 4) is 0 Å². The first-order valence-corrected chi connectivity index (χ1v) is 8.66. The van der Waals surface area contributed by atoms with E-state index in [1.807, 2.05) is 24.3 Å². The molecule has 5 nitrogen and oxygen atoms in total. The Hall–Kier alpha value is -1.53. The molecule has 0 fully saturated rings. The molecule has 1 heterocycles. The molecule has 126 valence electrons. The Morgan fingerprint density at radius 3 is 2.70 bits per heavy atom. The molecule has 0 spiro atoms. The molecule has 1 aliphatic heterocycles. The summed E-state index contributed by atoms with van der Waals surface area (Å²) in [5, 5.41) is 6.02. The van der Waals surface area contributed by atoms with E-state index in [0.717, 1.165) is 10.6 Å². The topological polar surface area (TPSA) is 67.4 Å². The Morgan fingerprint density at radius 2 is 2.04 bits per heavy atom. The van der Waals surface area contributed by atoms with Crippen LogP contribution in [-0.4, -0.2) is 36.3 Å². The van der Waals surface area contributed by atoms with Crippen molar-refractivity contribution in [3.63, 3.8) is 0 Å². The largest absolute Gasteiger partial charge is 0.465 e. The Morgan fingerprint density at radius 1 is 1.35 bits per heavy atom. The molecule has 0 aromatic heterocycles. The van der Waals surface area contributed by atoms with Crippen LogP contribution in [0.5, 0.6) is 0 Å². The van der Waals surface area contributed by atoms with Gasteiger partial charge in [-0.25, -0.2) is 0 Å². The number of esters is 1. The fourth-order valence-electron chi connectivity index (χ4n) is 2.51. The minimum absolute atomic E-state index is 0.0134. The van der Waals surface area contributed by atoms with Gasteiger partial charge in [-0.15, -0.1) is 11.8 Å². The van der Waals surface area contributed by atoms with E-state index in [1.54, 1.807) is 18.7 Å². The SMILES string of the molecule is CCOC(=O)CN[C@@H]1C(=O)Nc2ccccc2SC1C(C)(C)C. The third-order valence-electron chi connectivity index (χ3n) is 3.61. The molecule has 0 radical (unpaired) electrons. The molecular formula is C17H24N2O3S. The van der Waals surface area contributed by atoms with Gasteiger partial charge in [0.2, 0.25) is 5.91 Å². The van der Waals surface area contributed by atoms with E-state index >= 15 is 0 Å². The zero-order chi connectivity index (χ0) is 17.0. The summed E-state index contributed by atoms with van der Waals surface area (Å²) < 4.78 is 4.94. The molecule has 2 rings (SSSR count). The molecule has 0 bridgehead atoms. The highest BCUT2D eigenvalue weighted by Gasteiger charge is 2.40. The molecule has 2 atom stereocenters. The summed E-state index contributed by atoms with van der Waals surface area (Å²) in [6.07, 6.45) is 0. The minimum atomic E-state index is -0.475. The number of ether oxygens (including phenoxy) is 1. The Bertz CT molecular complexity index is 583. The summed E-state index contributed by atoms with van der Waals surface area (Å²) >= 11 is 1.66. The van der Waals surface area contributed by atoms with Gasteiger partial charge >= 0.3 is 5.97 Å². The number of hydrogen-bond acceptors (Lipinski definition) is 5. The van der Waals surface area contributed by atoms with Gasteiger partial charge in [-0.2, -0.15) is 0 Å². The molecule has 0 aliphatic carbocycles. The highest BCUT2D eigenvalue weighted by atomic mass is 32.2. The van der Waals surface area contributed by atoms with Gasteiger partial charge in [0.15, 0.2) is 0 Å². The molecule has 2 N–H and O–H groups in total. The van der Waals surface area contributed by atoms with Gasteiger partial charge in [0.25, 0.3) is 0 Å². The number of anilines is 1. The van der Waals surface area contributed by atoms with Crippen molar-refractivity contribution in [3.05, 3.63) is 24.3 Å². The highest BCUT2D eigenvalue weighted by Crippen LogP contribution is 2.42. The van der Waals surface area contributed by atoms with Crippen LogP contribution in [0.2, 0.25) is 0 Å². The van der Waals surface area contributed by atoms with Gasteiger partial charge in [-0.3, -0.25) is 14.9 Å². The van der Waals surface area contributed by atoms with E-state index in [0.29, 0.717) is 6.61 Å². The van der Waals surface area contributed by atoms with Crippen molar-refractivity contribution >= 4 is 29.3 Å². The average molecular weight is 336 g/mol. The van der Waals surface area contributed by atoms with Gasteiger partial charge in [0.1, 0.15) is 6.04 Å². The highest BCUT2D eigenvalue weighted by molar-refractivity contribution is 8.00. The van der Waals surface area contributed by atoms with E-state index in [1.165, 1.54) is 0 Å². The van der Waals surface area contributed by atoms with Crippen LogP contribution in [0.1, 0.15) is 27.7 Å². The zero-order valence-corrected chi connectivity index (χ0v) is 14.8. The maximum absolute atomic E-state index is 12.7. The summed E-state index contributed by atoms with van der Waals surface area (Å²) in [6.45, 7) is 8.43. The predicted octanol–water partition coefficient (Wildman–Crippen LogP) is 2.67. The summed E-state index contributed by atoms with van der Waals surface area (Å²) in [4.78, 5) is 25.3. The van der Waals surface area contributed by atoms with Crippen molar-refractivity contribution in [2.75, 3.05) is 18.5 Å². The summed E-state index contributed by atoms with van der Waals surface area (Å²) in [5.41, 5.74) is 0.698. The maximum atomic E-state index is 12.7. The first-order valence-electron chi connectivity index (χ1n) is 7.78. The Balaban J connectivity index is 2.24. The number of amides is 1. The Labute approximate surface area is 141 Å². The second-order valence-electron chi connectivity index (χ2n) is 6.55. The lowest BCUT2D eigenvalue weighted by molar-refractivity contribution is -0.142.